The van der Waals surface area contributed by atoms with Crippen molar-refractivity contribution in [1.29, 1.82) is 0 Å². The largest absolute Gasteiger partial charge is 0.178 e. The van der Waals surface area contributed by atoms with Crippen LogP contribution in [0, 0.1) is 0 Å². The predicted molar refractivity (Wildman–Crippen MR) is 79.8 cm³/mol. The van der Waals surface area contributed by atoms with E-state index >= 15 is 0 Å². The normalized spacial score (nSPS) is 44.0. The molecule has 7 heteroatoms. The highest BCUT2D eigenvalue weighted by Crippen LogP contribution is 2.62. The molecule has 0 saturated carbocycles. The molecule has 0 aromatic carbocycles. The molecule has 0 aromatic rings. The van der Waals surface area contributed by atoms with Crippen LogP contribution in [-0.4, -0.2) is 26.9 Å². The number of hydrogen-bond acceptors (Lipinski definition) is 6. The van der Waals surface area contributed by atoms with Gasteiger partial charge in [-0.1, -0.05) is 0 Å². The third-order valence-electron chi connectivity index (χ3n) is 5.23. The Morgan fingerprint density at radius 2 is 1.00 bits per heavy atom. The summed E-state index contributed by atoms with van der Waals surface area (Å²) in [6.07, 6.45) is 11.4. The second kappa shape index (κ2) is 3.88. The Balaban J connectivity index is 2.24. The van der Waals surface area contributed by atoms with Crippen LogP contribution in [0.1, 0.15) is 20.8 Å². The predicted octanol–water partition coefficient (Wildman–Crippen LogP) is 2.73. The van der Waals surface area contributed by atoms with E-state index in [0.717, 1.165) is 10.2 Å². The molecule has 0 N–H and O–H groups in total. The molecule has 3 aliphatic rings. The van der Waals surface area contributed by atoms with E-state index < -0.39 is 16.6 Å². The maximum atomic E-state index is 4.50. The number of hydrogen-bond donors (Lipinski definition) is 0. The molecule has 104 valence electrons. The molecule has 0 bridgehead atoms. The first-order valence-electron chi connectivity index (χ1n) is 6.66. The fraction of sp³-hybridized carbons (Fsp3) is 0.538. The molecule has 3 atom stereocenters. The van der Waals surface area contributed by atoms with Crippen LogP contribution < -0.4 is 0 Å². The molecule has 0 aromatic heterocycles. The molecule has 0 spiro atoms. The lowest BCUT2D eigenvalue weighted by atomic mass is 9.62. The average Bonchev–Trinajstić information content (AvgIpc) is 3.12. The fourth-order valence-electron chi connectivity index (χ4n) is 3.43. The van der Waals surface area contributed by atoms with Gasteiger partial charge in [-0.2, -0.15) is 30.7 Å². The van der Waals surface area contributed by atoms with Crippen molar-refractivity contribution in [3.05, 3.63) is 36.8 Å². The minimum Gasteiger partial charge on any atom is -0.178 e. The lowest BCUT2D eigenvalue weighted by Crippen LogP contribution is -2.60. The summed E-state index contributed by atoms with van der Waals surface area (Å²) in [7, 11) is 0.805. The molecule has 0 saturated heterocycles. The Morgan fingerprint density at radius 1 is 0.700 bits per heavy atom. The molecule has 0 aliphatic carbocycles. The van der Waals surface area contributed by atoms with Crippen LogP contribution >= 0.6 is 0 Å². The molecule has 3 heterocycles. The highest BCUT2D eigenvalue weighted by atomic mass is 28.1. The number of azo groups is 3. The van der Waals surface area contributed by atoms with E-state index in [9.17, 15) is 0 Å². The van der Waals surface area contributed by atoms with E-state index in [-0.39, 0.29) is 5.04 Å². The average molecular weight is 286 g/mol. The van der Waals surface area contributed by atoms with Gasteiger partial charge >= 0.3 is 0 Å². The molecule has 6 nitrogen and oxygen atoms in total. The molecule has 3 rings (SSSR count). The quantitative estimate of drug-likeness (QED) is 0.715. The van der Waals surface area contributed by atoms with Crippen molar-refractivity contribution in [2.45, 2.75) is 42.4 Å². The van der Waals surface area contributed by atoms with Crippen LogP contribution in [0.5, 0.6) is 0 Å². The van der Waals surface area contributed by atoms with E-state index in [1.54, 1.807) is 18.6 Å². The SMILES string of the molecule is CC1(C([SiH3])(C2(C)C=CN=N2)C2(C)C=CN=N2)C=CN=N1. The lowest BCUT2D eigenvalue weighted by molar-refractivity contribution is 0.201. The second-order valence-corrected chi connectivity index (χ2v) is 7.66. The molecule has 3 aliphatic heterocycles. The summed E-state index contributed by atoms with van der Waals surface area (Å²) in [6.45, 7) is 6.27. The molecule has 20 heavy (non-hydrogen) atoms. The third kappa shape index (κ3) is 1.38. The van der Waals surface area contributed by atoms with Gasteiger partial charge in [0.15, 0.2) is 0 Å². The van der Waals surface area contributed by atoms with E-state index in [4.69, 9.17) is 0 Å². The Hall–Kier alpha value is -1.76. The first-order chi connectivity index (χ1) is 9.37. The van der Waals surface area contributed by atoms with Crippen molar-refractivity contribution < 1.29 is 0 Å². The number of rotatable bonds is 3. The molecular formula is C13H18N6Si. The third-order valence-corrected chi connectivity index (χ3v) is 8.27. The van der Waals surface area contributed by atoms with Crippen molar-refractivity contribution in [2.75, 3.05) is 0 Å². The maximum Gasteiger partial charge on any atom is 0.107 e. The molecule has 0 amide bonds. The van der Waals surface area contributed by atoms with Crippen molar-refractivity contribution in [3.8, 4) is 0 Å². The molecular weight excluding hydrogens is 268 g/mol. The molecule has 0 radical (unpaired) electrons. The zero-order valence-electron chi connectivity index (χ0n) is 12.1. The Labute approximate surface area is 121 Å². The van der Waals surface area contributed by atoms with Gasteiger partial charge in [-0.15, -0.1) is 0 Å². The summed E-state index contributed by atoms with van der Waals surface area (Å²) in [5, 5.41) is 25.4. The van der Waals surface area contributed by atoms with Gasteiger partial charge < -0.3 is 0 Å². The van der Waals surface area contributed by atoms with Crippen LogP contribution in [-0.2, 0) is 0 Å². The summed E-state index contributed by atoms with van der Waals surface area (Å²) in [5.74, 6) is 0. The van der Waals surface area contributed by atoms with Crippen molar-refractivity contribution in [1.82, 2.24) is 0 Å². The van der Waals surface area contributed by atoms with Gasteiger partial charge in [0, 0.05) is 33.9 Å². The Bertz CT molecular complexity index is 493. The van der Waals surface area contributed by atoms with Crippen LogP contribution in [0.3, 0.4) is 0 Å². The van der Waals surface area contributed by atoms with Gasteiger partial charge in [-0.3, -0.25) is 0 Å². The van der Waals surface area contributed by atoms with Gasteiger partial charge in [0.05, 0.1) is 0 Å². The van der Waals surface area contributed by atoms with E-state index in [0.29, 0.717) is 0 Å². The minimum absolute atomic E-state index is 0.351. The summed E-state index contributed by atoms with van der Waals surface area (Å²) in [6, 6.07) is 0. The summed E-state index contributed by atoms with van der Waals surface area (Å²) < 4.78 is 0. The Morgan fingerprint density at radius 3 is 1.20 bits per heavy atom. The van der Waals surface area contributed by atoms with Crippen LogP contribution in [0.4, 0.5) is 0 Å². The molecule has 0 fully saturated rings. The zero-order valence-corrected chi connectivity index (χ0v) is 14.1. The van der Waals surface area contributed by atoms with E-state index in [1.807, 2.05) is 18.2 Å². The fourth-order valence-corrected chi connectivity index (χ4v) is 4.23. The van der Waals surface area contributed by atoms with Crippen LogP contribution in [0.15, 0.2) is 67.5 Å². The minimum atomic E-state index is -0.468. The lowest BCUT2D eigenvalue weighted by Gasteiger charge is -2.54. The summed E-state index contributed by atoms with van der Waals surface area (Å²) >= 11 is 0. The number of nitrogens with zero attached hydrogens (tertiary/aromatic N) is 6. The topological polar surface area (TPSA) is 74.2 Å². The second-order valence-electron chi connectivity index (χ2n) is 6.16. The van der Waals surface area contributed by atoms with Crippen molar-refractivity contribution >= 4 is 10.2 Å². The van der Waals surface area contributed by atoms with Gasteiger partial charge in [-0.05, 0) is 39.0 Å². The van der Waals surface area contributed by atoms with E-state index in [1.165, 1.54) is 0 Å². The summed E-state index contributed by atoms with van der Waals surface area (Å²) in [5.41, 5.74) is -1.40. The first-order valence-corrected chi connectivity index (χ1v) is 7.66. The standard InChI is InChI=1S/C13H18N6Si/c1-10(4-7-14-17-10)13(20,11(2)5-8-15-18-11)12(3)6-9-16-19-12/h4-9H,1-3,20H3. The molecule has 3 unspecified atom stereocenters. The van der Waals surface area contributed by atoms with E-state index in [2.05, 4.69) is 51.5 Å². The Kier molecular flexibility index (Phi) is 2.56. The highest BCUT2D eigenvalue weighted by Gasteiger charge is 2.66. The van der Waals surface area contributed by atoms with Gasteiger partial charge in [0.2, 0.25) is 0 Å². The summed E-state index contributed by atoms with van der Waals surface area (Å²) in [4.78, 5) is 0. The maximum absolute atomic E-state index is 4.50. The van der Waals surface area contributed by atoms with Gasteiger partial charge in [0.1, 0.15) is 16.6 Å². The van der Waals surface area contributed by atoms with Crippen molar-refractivity contribution in [2.24, 2.45) is 30.7 Å². The smallest absolute Gasteiger partial charge is 0.107 e. The first kappa shape index (κ1) is 13.2. The van der Waals surface area contributed by atoms with Gasteiger partial charge in [0.25, 0.3) is 0 Å². The van der Waals surface area contributed by atoms with Crippen molar-refractivity contribution in [3.63, 3.8) is 0 Å². The van der Waals surface area contributed by atoms with Gasteiger partial charge in [-0.25, -0.2) is 0 Å². The monoisotopic (exact) mass is 286 g/mol. The van der Waals surface area contributed by atoms with Crippen LogP contribution in [0.2, 0.25) is 5.04 Å². The van der Waals surface area contributed by atoms with Crippen LogP contribution in [0.25, 0.3) is 0 Å². The zero-order chi connectivity index (χ0) is 14.5. The highest BCUT2D eigenvalue weighted by molar-refractivity contribution is 6.19.